The first kappa shape index (κ1) is 40.4. The van der Waals surface area contributed by atoms with E-state index in [4.69, 9.17) is 37.9 Å². The van der Waals surface area contributed by atoms with E-state index < -0.39 is 49.1 Å². The van der Waals surface area contributed by atoms with Crippen molar-refractivity contribution in [1.82, 2.24) is 0 Å². The van der Waals surface area contributed by atoms with Crippen molar-refractivity contribution in [3.05, 3.63) is 179 Å². The maximum absolute atomic E-state index is 12.9. The third kappa shape index (κ3) is 11.9. The first-order chi connectivity index (χ1) is 28.1. The van der Waals surface area contributed by atoms with Crippen molar-refractivity contribution in [2.75, 3.05) is 13.2 Å². The van der Waals surface area contributed by atoms with Crippen LogP contribution in [-0.4, -0.2) is 73.5 Å². The van der Waals surface area contributed by atoms with Crippen LogP contribution < -0.4 is 0 Å². The molecule has 2 fully saturated rings. The van der Waals surface area contributed by atoms with Gasteiger partial charge in [0.25, 0.3) is 0 Å². The Kier molecular flexibility index (Phi) is 15.0. The molecule has 0 aliphatic carbocycles. The Bertz CT molecular complexity index is 1880. The van der Waals surface area contributed by atoms with Crippen molar-refractivity contribution in [2.24, 2.45) is 0 Å². The minimum atomic E-state index is -1.34. The summed E-state index contributed by atoms with van der Waals surface area (Å²) in [6.45, 7) is 1.15. The molecule has 2 heterocycles. The lowest BCUT2D eigenvalue weighted by Crippen LogP contribution is -2.61. The number of carbonyl (C=O) groups excluding carboxylic acids is 1. The van der Waals surface area contributed by atoms with Crippen LogP contribution in [0.3, 0.4) is 0 Å². The van der Waals surface area contributed by atoms with Crippen LogP contribution in [0, 0.1) is 0 Å². The van der Waals surface area contributed by atoms with Gasteiger partial charge in [0.1, 0.15) is 37.1 Å². The number of hydrogen-bond acceptors (Lipinski definition) is 10. The van der Waals surface area contributed by atoms with E-state index in [0.717, 1.165) is 22.3 Å². The number of benzene rings is 5. The predicted octanol–water partition coefficient (Wildman–Crippen LogP) is 7.42. The second kappa shape index (κ2) is 21.1. The Labute approximate surface area is 334 Å². The molecule has 2 saturated heterocycles. The summed E-state index contributed by atoms with van der Waals surface area (Å²) in [5, 5.41) is 11.5. The maximum Gasteiger partial charge on any atom is 0.338 e. The second-order valence-electron chi connectivity index (χ2n) is 14.2. The average Bonchev–Trinajstić information content (AvgIpc) is 3.27. The highest BCUT2D eigenvalue weighted by Crippen LogP contribution is 2.31. The fourth-order valence-electron chi connectivity index (χ4n) is 6.99. The van der Waals surface area contributed by atoms with Crippen LogP contribution >= 0.6 is 0 Å². The van der Waals surface area contributed by atoms with Gasteiger partial charge in [-0.25, -0.2) is 4.79 Å². The molecule has 57 heavy (non-hydrogen) atoms. The van der Waals surface area contributed by atoms with E-state index in [-0.39, 0.29) is 39.1 Å². The lowest BCUT2D eigenvalue weighted by Gasteiger charge is -2.45. The number of aliphatic hydroxyl groups is 1. The quantitative estimate of drug-likeness (QED) is 0.0904. The van der Waals surface area contributed by atoms with Gasteiger partial charge in [-0.1, -0.05) is 140 Å². The molecule has 0 spiro atoms. The number of ether oxygens (including phenoxy) is 8. The molecule has 5 aromatic rings. The summed E-state index contributed by atoms with van der Waals surface area (Å²) in [4.78, 5) is 12.9. The van der Waals surface area contributed by atoms with Crippen molar-refractivity contribution in [3.8, 4) is 0 Å². The number of rotatable bonds is 18. The van der Waals surface area contributed by atoms with Gasteiger partial charge in [0.15, 0.2) is 12.6 Å². The fourth-order valence-corrected chi connectivity index (χ4v) is 6.99. The highest BCUT2D eigenvalue weighted by Gasteiger charge is 2.48. The van der Waals surface area contributed by atoms with Gasteiger partial charge in [-0.3, -0.25) is 0 Å². The van der Waals surface area contributed by atoms with Crippen molar-refractivity contribution >= 4 is 5.97 Å². The van der Waals surface area contributed by atoms with Crippen molar-refractivity contribution in [2.45, 2.75) is 88.5 Å². The van der Waals surface area contributed by atoms with E-state index in [1.165, 1.54) is 0 Å². The van der Waals surface area contributed by atoms with E-state index in [1.54, 1.807) is 24.3 Å². The summed E-state index contributed by atoms with van der Waals surface area (Å²) < 4.78 is 50.8. The van der Waals surface area contributed by atoms with Crippen LogP contribution in [0.1, 0.15) is 45.5 Å². The van der Waals surface area contributed by atoms with Crippen molar-refractivity contribution < 1.29 is 47.8 Å². The van der Waals surface area contributed by atoms with E-state index in [2.05, 4.69) is 0 Å². The highest BCUT2D eigenvalue weighted by molar-refractivity contribution is 5.89. The van der Waals surface area contributed by atoms with Crippen LogP contribution in [0.4, 0.5) is 0 Å². The van der Waals surface area contributed by atoms with Crippen LogP contribution in [0.5, 0.6) is 0 Å². The third-order valence-electron chi connectivity index (χ3n) is 10.0. The van der Waals surface area contributed by atoms with Crippen LogP contribution in [-0.2, 0) is 64.3 Å². The second-order valence-corrected chi connectivity index (χ2v) is 14.2. The summed E-state index contributed by atoms with van der Waals surface area (Å²) in [6, 6.07) is 48.2. The number of hydrogen-bond donors (Lipinski definition) is 1. The molecule has 2 aliphatic heterocycles. The SMILES string of the molecule is O=C(OC[C@H]1OC(OC[C@H]2O[C@H](O)[C@H](OCc3ccccc3)[C@@H](OCc3ccccc3)[C@@H]2OCc2ccccc2)CC[C@@H]1OCc1ccccc1)c1ccccc1. The van der Waals surface area contributed by atoms with Gasteiger partial charge < -0.3 is 43.0 Å². The molecule has 5 aromatic carbocycles. The topological polar surface area (TPSA) is 111 Å². The van der Waals surface area contributed by atoms with Crippen molar-refractivity contribution in [3.63, 3.8) is 0 Å². The minimum absolute atomic E-state index is 0.0177. The van der Waals surface area contributed by atoms with Crippen LogP contribution in [0.15, 0.2) is 152 Å². The monoisotopic (exact) mass is 774 g/mol. The Morgan fingerprint density at radius 1 is 0.491 bits per heavy atom. The standard InChI is InChI=1S/C47H50O10/c48-46(38-24-14-5-15-25-38)55-32-40-39(50-28-34-16-6-1-7-17-34)26-27-42(56-40)51-33-41-43(52-29-35-18-8-2-9-19-35)44(53-30-36-20-10-3-11-21-36)45(47(49)57-41)54-31-37-22-12-4-13-23-37/h1-25,39-45,47,49H,26-33H2/t39-,40+,41+,42?,43+,44-,45+,47-/m0/s1. The van der Waals surface area contributed by atoms with Gasteiger partial charge in [-0.15, -0.1) is 0 Å². The first-order valence-electron chi connectivity index (χ1n) is 19.5. The molecule has 10 nitrogen and oxygen atoms in total. The number of carbonyl (C=O) groups is 1. The zero-order valence-corrected chi connectivity index (χ0v) is 31.8. The van der Waals surface area contributed by atoms with Gasteiger partial charge in [0.05, 0.1) is 44.7 Å². The van der Waals surface area contributed by atoms with Gasteiger partial charge in [-0.05, 0) is 40.8 Å². The summed E-state index contributed by atoms with van der Waals surface area (Å²) >= 11 is 0. The summed E-state index contributed by atoms with van der Waals surface area (Å²) in [5.74, 6) is -0.447. The molecule has 7 rings (SSSR count). The zero-order valence-electron chi connectivity index (χ0n) is 31.8. The van der Waals surface area contributed by atoms with Crippen LogP contribution in [0.25, 0.3) is 0 Å². The van der Waals surface area contributed by atoms with E-state index in [9.17, 15) is 9.90 Å². The van der Waals surface area contributed by atoms with E-state index in [1.807, 2.05) is 127 Å². The Morgan fingerprint density at radius 3 is 1.47 bits per heavy atom. The summed E-state index contributed by atoms with van der Waals surface area (Å²) in [5.41, 5.74) is 4.36. The largest absolute Gasteiger partial charge is 0.459 e. The highest BCUT2D eigenvalue weighted by atomic mass is 16.7. The van der Waals surface area contributed by atoms with Gasteiger partial charge in [0.2, 0.25) is 0 Å². The van der Waals surface area contributed by atoms with E-state index in [0.29, 0.717) is 25.0 Å². The molecule has 1 unspecified atom stereocenters. The van der Waals surface area contributed by atoms with Crippen LogP contribution in [0.2, 0.25) is 0 Å². The van der Waals surface area contributed by atoms with Crippen molar-refractivity contribution in [1.29, 1.82) is 0 Å². The lowest BCUT2D eigenvalue weighted by molar-refractivity contribution is -0.326. The first-order valence-corrected chi connectivity index (χ1v) is 19.5. The fraction of sp³-hybridized carbons (Fsp3) is 0.340. The zero-order chi connectivity index (χ0) is 39.1. The minimum Gasteiger partial charge on any atom is -0.459 e. The molecule has 1 N–H and O–H groups in total. The molecule has 2 aliphatic rings. The average molecular weight is 775 g/mol. The van der Waals surface area contributed by atoms with Gasteiger partial charge in [-0.2, -0.15) is 0 Å². The Hall–Kier alpha value is -4.75. The molecule has 0 amide bonds. The smallest absolute Gasteiger partial charge is 0.338 e. The Balaban J connectivity index is 1.06. The molecule has 0 aromatic heterocycles. The maximum atomic E-state index is 12.9. The Morgan fingerprint density at radius 2 is 0.947 bits per heavy atom. The predicted molar refractivity (Wildman–Crippen MR) is 212 cm³/mol. The molecule has 0 saturated carbocycles. The third-order valence-corrected chi connectivity index (χ3v) is 10.0. The molecule has 0 bridgehead atoms. The molecule has 8 atom stereocenters. The molecular weight excluding hydrogens is 725 g/mol. The van der Waals surface area contributed by atoms with Gasteiger partial charge in [0, 0.05) is 6.42 Å². The normalized spacial score (nSPS) is 24.8. The summed E-state index contributed by atoms with van der Waals surface area (Å²) in [6.07, 6.45) is -4.90. The number of aliphatic hydroxyl groups excluding tert-OH is 1. The van der Waals surface area contributed by atoms with Gasteiger partial charge >= 0.3 is 5.97 Å². The summed E-state index contributed by atoms with van der Waals surface area (Å²) in [7, 11) is 0. The molecule has 298 valence electrons. The molecule has 0 radical (unpaired) electrons. The molecule has 10 heteroatoms. The lowest BCUT2D eigenvalue weighted by atomic mass is 9.98. The number of esters is 1. The molecular formula is C47H50O10. The van der Waals surface area contributed by atoms with E-state index >= 15 is 0 Å².